The Morgan fingerprint density at radius 1 is 0.957 bits per heavy atom. The molecule has 1 atom stereocenters. The predicted molar refractivity (Wildman–Crippen MR) is 92.6 cm³/mol. The first-order valence-electron chi connectivity index (χ1n) is 8.16. The number of aliphatic hydroxyl groups excluding tert-OH is 1. The molecule has 0 spiro atoms. The monoisotopic (exact) mass is 308 g/mol. The van der Waals surface area contributed by atoms with Crippen molar-refractivity contribution in [1.82, 2.24) is 4.90 Å². The number of aliphatic hydroxyl groups is 1. The third-order valence-corrected chi connectivity index (χ3v) is 3.92. The molecule has 0 aliphatic rings. The molecular weight excluding hydrogens is 284 g/mol. The Bertz CT molecular complexity index is 592. The van der Waals surface area contributed by atoms with Crippen LogP contribution in [0.25, 0.3) is 0 Å². The molecule has 23 heavy (non-hydrogen) atoms. The summed E-state index contributed by atoms with van der Waals surface area (Å²) in [6, 6.07) is 22.3. The molecular formula is C20H24N2O. The lowest BCUT2D eigenvalue weighted by Gasteiger charge is -2.23. The molecule has 2 rings (SSSR count). The van der Waals surface area contributed by atoms with Crippen LogP contribution in [0, 0.1) is 11.3 Å². The summed E-state index contributed by atoms with van der Waals surface area (Å²) in [5.41, 5.74) is 2.22. The lowest BCUT2D eigenvalue weighted by Crippen LogP contribution is -2.26. The Hall–Kier alpha value is -2.15. The average molecular weight is 308 g/mol. The quantitative estimate of drug-likeness (QED) is 0.714. The van der Waals surface area contributed by atoms with Gasteiger partial charge in [-0.15, -0.1) is 0 Å². The summed E-state index contributed by atoms with van der Waals surface area (Å²) >= 11 is 0. The summed E-state index contributed by atoms with van der Waals surface area (Å²) in [5, 5.41) is 19.1. The molecule has 3 heteroatoms. The second-order valence-electron chi connectivity index (χ2n) is 5.74. The molecule has 0 unspecified atom stereocenters. The van der Waals surface area contributed by atoms with Crippen LogP contribution >= 0.6 is 0 Å². The van der Waals surface area contributed by atoms with Crippen LogP contribution in [0.1, 0.15) is 36.5 Å². The maximum atomic E-state index is 10.3. The van der Waals surface area contributed by atoms with Gasteiger partial charge < -0.3 is 5.11 Å². The van der Waals surface area contributed by atoms with Crippen molar-refractivity contribution in [3.05, 3.63) is 71.8 Å². The van der Waals surface area contributed by atoms with Gasteiger partial charge in [-0.05, 0) is 30.5 Å². The number of benzene rings is 2. The molecule has 0 saturated heterocycles. The minimum Gasteiger partial charge on any atom is -0.388 e. The van der Waals surface area contributed by atoms with Gasteiger partial charge in [0, 0.05) is 19.5 Å². The fourth-order valence-electron chi connectivity index (χ4n) is 2.64. The third kappa shape index (κ3) is 6.23. The van der Waals surface area contributed by atoms with Crippen molar-refractivity contribution >= 4 is 0 Å². The molecule has 2 aromatic rings. The Balaban J connectivity index is 1.90. The predicted octanol–water partition coefficient (Wildman–Crippen LogP) is 3.92. The Labute approximate surface area is 138 Å². The second-order valence-corrected chi connectivity index (χ2v) is 5.74. The van der Waals surface area contributed by atoms with Gasteiger partial charge in [0.2, 0.25) is 0 Å². The van der Waals surface area contributed by atoms with Crippen LogP contribution in [0.2, 0.25) is 0 Å². The summed E-state index contributed by atoms with van der Waals surface area (Å²) in [7, 11) is 0. The third-order valence-electron chi connectivity index (χ3n) is 3.92. The van der Waals surface area contributed by atoms with Gasteiger partial charge in [-0.2, -0.15) is 5.26 Å². The van der Waals surface area contributed by atoms with E-state index < -0.39 is 6.10 Å². The van der Waals surface area contributed by atoms with E-state index in [2.05, 4.69) is 23.1 Å². The van der Waals surface area contributed by atoms with E-state index in [4.69, 9.17) is 5.26 Å². The molecule has 0 aliphatic heterocycles. The highest BCUT2D eigenvalue weighted by atomic mass is 16.3. The van der Waals surface area contributed by atoms with Crippen molar-refractivity contribution in [1.29, 1.82) is 5.26 Å². The second kappa shape index (κ2) is 9.78. The van der Waals surface area contributed by atoms with Crippen LogP contribution in [0.3, 0.4) is 0 Å². The Morgan fingerprint density at radius 3 is 2.26 bits per heavy atom. The summed E-state index contributed by atoms with van der Waals surface area (Å²) in [6.45, 7) is 2.55. The van der Waals surface area contributed by atoms with E-state index >= 15 is 0 Å². The lowest BCUT2D eigenvalue weighted by atomic mass is 10.1. The Kier molecular flexibility index (Phi) is 7.32. The largest absolute Gasteiger partial charge is 0.388 e. The van der Waals surface area contributed by atoms with Gasteiger partial charge in [0.25, 0.3) is 0 Å². The lowest BCUT2D eigenvalue weighted by molar-refractivity contribution is 0.139. The number of hydrogen-bond acceptors (Lipinski definition) is 3. The molecule has 0 saturated carbocycles. The van der Waals surface area contributed by atoms with Gasteiger partial charge in [-0.3, -0.25) is 4.90 Å². The average Bonchev–Trinajstić information content (AvgIpc) is 2.61. The van der Waals surface area contributed by atoms with Crippen molar-refractivity contribution in [2.75, 3.05) is 13.1 Å². The topological polar surface area (TPSA) is 47.3 Å². The molecule has 0 bridgehead atoms. The van der Waals surface area contributed by atoms with Crippen LogP contribution in [-0.4, -0.2) is 23.1 Å². The standard InChI is InChI=1S/C20H24N2O/c21-14-7-8-15-22(17-18-9-3-1-4-10-18)16-13-20(23)19-11-5-2-6-12-19/h1-6,9-12,20,23H,7-8,13,15-17H2/t20-/m0/s1. The smallest absolute Gasteiger partial charge is 0.0802 e. The fraction of sp³-hybridized carbons (Fsp3) is 0.350. The minimum absolute atomic E-state index is 0.439. The molecule has 0 fully saturated rings. The van der Waals surface area contributed by atoms with Gasteiger partial charge in [0.1, 0.15) is 0 Å². The van der Waals surface area contributed by atoms with E-state index in [1.165, 1.54) is 5.56 Å². The first kappa shape index (κ1) is 17.2. The van der Waals surface area contributed by atoms with Crippen LogP contribution in [0.4, 0.5) is 0 Å². The van der Waals surface area contributed by atoms with E-state index in [-0.39, 0.29) is 0 Å². The van der Waals surface area contributed by atoms with E-state index in [0.29, 0.717) is 12.8 Å². The summed E-state index contributed by atoms with van der Waals surface area (Å²) < 4.78 is 0. The maximum Gasteiger partial charge on any atom is 0.0802 e. The van der Waals surface area contributed by atoms with Gasteiger partial charge in [-0.1, -0.05) is 60.7 Å². The summed E-state index contributed by atoms with van der Waals surface area (Å²) in [5.74, 6) is 0. The molecule has 1 N–H and O–H groups in total. The molecule has 120 valence electrons. The van der Waals surface area contributed by atoms with Gasteiger partial charge in [0.05, 0.1) is 12.2 Å². The van der Waals surface area contributed by atoms with Crippen molar-refractivity contribution in [3.63, 3.8) is 0 Å². The van der Waals surface area contributed by atoms with Crippen molar-refractivity contribution in [2.24, 2.45) is 0 Å². The van der Waals surface area contributed by atoms with Crippen LogP contribution in [0.15, 0.2) is 60.7 Å². The van der Waals surface area contributed by atoms with E-state index in [9.17, 15) is 5.11 Å². The van der Waals surface area contributed by atoms with Gasteiger partial charge >= 0.3 is 0 Å². The van der Waals surface area contributed by atoms with Crippen LogP contribution in [-0.2, 0) is 6.54 Å². The zero-order valence-corrected chi connectivity index (χ0v) is 13.4. The molecule has 0 aliphatic carbocycles. The number of nitriles is 1. The molecule has 2 aromatic carbocycles. The highest BCUT2D eigenvalue weighted by Gasteiger charge is 2.11. The van der Waals surface area contributed by atoms with Crippen LogP contribution < -0.4 is 0 Å². The fourth-order valence-corrected chi connectivity index (χ4v) is 2.64. The van der Waals surface area contributed by atoms with Gasteiger partial charge in [0.15, 0.2) is 0 Å². The number of rotatable bonds is 9. The summed E-state index contributed by atoms with van der Waals surface area (Å²) in [4.78, 5) is 2.32. The van der Waals surface area contributed by atoms with Gasteiger partial charge in [-0.25, -0.2) is 0 Å². The van der Waals surface area contributed by atoms with E-state index in [1.807, 2.05) is 48.5 Å². The molecule has 0 amide bonds. The van der Waals surface area contributed by atoms with Crippen molar-refractivity contribution in [2.45, 2.75) is 31.9 Å². The number of unbranched alkanes of at least 4 members (excludes halogenated alkanes) is 1. The number of hydrogen-bond donors (Lipinski definition) is 1. The first-order chi connectivity index (χ1) is 11.3. The van der Waals surface area contributed by atoms with E-state index in [1.54, 1.807) is 0 Å². The number of nitrogens with zero attached hydrogens (tertiary/aromatic N) is 2. The SMILES string of the molecule is N#CCCCN(CC[C@H](O)c1ccccc1)Cc1ccccc1. The maximum absolute atomic E-state index is 10.3. The Morgan fingerprint density at radius 2 is 1.61 bits per heavy atom. The zero-order valence-electron chi connectivity index (χ0n) is 13.4. The van der Waals surface area contributed by atoms with Crippen molar-refractivity contribution in [3.8, 4) is 6.07 Å². The molecule has 0 aromatic heterocycles. The highest BCUT2D eigenvalue weighted by molar-refractivity contribution is 5.17. The van der Waals surface area contributed by atoms with Crippen LogP contribution in [0.5, 0.6) is 0 Å². The molecule has 0 radical (unpaired) electrons. The molecule has 0 heterocycles. The molecule has 3 nitrogen and oxygen atoms in total. The highest BCUT2D eigenvalue weighted by Crippen LogP contribution is 2.17. The van der Waals surface area contributed by atoms with E-state index in [0.717, 1.165) is 31.6 Å². The normalized spacial score (nSPS) is 12.0. The van der Waals surface area contributed by atoms with Crippen molar-refractivity contribution < 1.29 is 5.11 Å². The zero-order chi connectivity index (χ0) is 16.3. The summed E-state index contributed by atoms with van der Waals surface area (Å²) in [6.07, 6.45) is 1.70. The first-order valence-corrected chi connectivity index (χ1v) is 8.16. The minimum atomic E-state index is -0.439.